The highest BCUT2D eigenvalue weighted by atomic mass is 16.5. The van der Waals surface area contributed by atoms with Gasteiger partial charge < -0.3 is 20.1 Å². The zero-order valence-corrected chi connectivity index (χ0v) is 8.47. The summed E-state index contributed by atoms with van der Waals surface area (Å²) in [5, 5.41) is 27.7. The Balaban J connectivity index is 4.21. The Morgan fingerprint density at radius 2 is 1.85 bits per heavy atom. The summed E-state index contributed by atoms with van der Waals surface area (Å²) in [6.07, 6.45) is -1.66. The van der Waals surface area contributed by atoms with E-state index in [-0.39, 0.29) is 5.92 Å². The number of ether oxygens (including phenoxy) is 1. The lowest BCUT2D eigenvalue weighted by Crippen LogP contribution is -2.44. The van der Waals surface area contributed by atoms with Gasteiger partial charge in [0.25, 0.3) is 0 Å². The summed E-state index contributed by atoms with van der Waals surface area (Å²) in [6, 6.07) is 0. The van der Waals surface area contributed by atoms with Gasteiger partial charge in [-0.2, -0.15) is 0 Å². The van der Waals surface area contributed by atoms with Crippen molar-refractivity contribution < 1.29 is 20.1 Å². The Morgan fingerprint density at radius 1 is 1.31 bits per heavy atom. The fourth-order valence-electron chi connectivity index (χ4n) is 1.19. The van der Waals surface area contributed by atoms with Gasteiger partial charge in [0.2, 0.25) is 0 Å². The van der Waals surface area contributed by atoms with Gasteiger partial charge in [0.15, 0.2) is 0 Å². The first-order valence-corrected chi connectivity index (χ1v) is 4.58. The first-order chi connectivity index (χ1) is 6.08. The molecule has 80 valence electrons. The van der Waals surface area contributed by atoms with E-state index in [0.717, 1.165) is 6.42 Å². The molecule has 0 aromatic heterocycles. The molecule has 2 unspecified atom stereocenters. The van der Waals surface area contributed by atoms with E-state index in [4.69, 9.17) is 9.84 Å². The Bertz CT molecular complexity index is 129. The largest absolute Gasteiger partial charge is 0.394 e. The van der Waals surface area contributed by atoms with E-state index in [9.17, 15) is 10.2 Å². The Kier molecular flexibility index (Phi) is 6.24. The van der Waals surface area contributed by atoms with Gasteiger partial charge in [0.1, 0.15) is 12.2 Å². The van der Waals surface area contributed by atoms with Crippen LogP contribution < -0.4 is 0 Å². The quantitative estimate of drug-likeness (QED) is 0.543. The number of rotatable bonds is 6. The van der Waals surface area contributed by atoms with E-state index >= 15 is 0 Å². The highest BCUT2D eigenvalue weighted by Gasteiger charge is 2.29. The first kappa shape index (κ1) is 12.8. The van der Waals surface area contributed by atoms with Gasteiger partial charge in [-0.25, -0.2) is 0 Å². The minimum absolute atomic E-state index is 0.0474. The molecule has 4 nitrogen and oxygen atoms in total. The molecule has 0 aromatic rings. The fourth-order valence-corrected chi connectivity index (χ4v) is 1.19. The highest BCUT2D eigenvalue weighted by molar-refractivity contribution is 4.79. The predicted molar refractivity (Wildman–Crippen MR) is 49.4 cm³/mol. The Hall–Kier alpha value is -0.160. The van der Waals surface area contributed by atoms with Crippen LogP contribution in [0.5, 0.6) is 0 Å². The molecule has 0 aliphatic rings. The van der Waals surface area contributed by atoms with Crippen LogP contribution in [0.2, 0.25) is 0 Å². The summed E-state index contributed by atoms with van der Waals surface area (Å²) in [5.74, 6) is 0.0474. The molecule has 0 fully saturated rings. The molecule has 0 aliphatic carbocycles. The van der Waals surface area contributed by atoms with Crippen LogP contribution >= 0.6 is 0 Å². The van der Waals surface area contributed by atoms with Crippen LogP contribution in [-0.4, -0.2) is 47.3 Å². The monoisotopic (exact) mass is 192 g/mol. The van der Waals surface area contributed by atoms with Crippen LogP contribution in [0.3, 0.4) is 0 Å². The van der Waals surface area contributed by atoms with Gasteiger partial charge in [0, 0.05) is 7.11 Å². The van der Waals surface area contributed by atoms with Crippen LogP contribution in [0.4, 0.5) is 0 Å². The van der Waals surface area contributed by atoms with Crippen molar-refractivity contribution in [3.05, 3.63) is 0 Å². The van der Waals surface area contributed by atoms with E-state index in [1.807, 2.05) is 13.8 Å². The molecule has 0 radical (unpaired) electrons. The maximum Gasteiger partial charge on any atom is 0.111 e. The average Bonchev–Trinajstić information content (AvgIpc) is 2.17. The molecule has 0 amide bonds. The molecule has 4 atom stereocenters. The second-order valence-corrected chi connectivity index (χ2v) is 3.33. The normalized spacial score (nSPS) is 20.8. The zero-order valence-electron chi connectivity index (χ0n) is 8.47. The SMILES string of the molecule is CCC(C)[C@@H](O)[C@H](OC)C(O)CO. The van der Waals surface area contributed by atoms with E-state index in [1.165, 1.54) is 7.11 Å². The van der Waals surface area contributed by atoms with Crippen LogP contribution in [0.25, 0.3) is 0 Å². The fraction of sp³-hybridized carbons (Fsp3) is 1.00. The summed E-state index contributed by atoms with van der Waals surface area (Å²) in [7, 11) is 1.41. The van der Waals surface area contributed by atoms with Crippen molar-refractivity contribution in [3.63, 3.8) is 0 Å². The molecule has 0 bridgehead atoms. The van der Waals surface area contributed by atoms with E-state index in [0.29, 0.717) is 0 Å². The summed E-state index contributed by atoms with van der Waals surface area (Å²) >= 11 is 0. The molecule has 0 heterocycles. The van der Waals surface area contributed by atoms with Gasteiger partial charge in [-0.15, -0.1) is 0 Å². The maximum atomic E-state index is 9.68. The van der Waals surface area contributed by atoms with Gasteiger partial charge in [0.05, 0.1) is 12.7 Å². The van der Waals surface area contributed by atoms with Gasteiger partial charge in [-0.1, -0.05) is 20.3 Å². The summed E-state index contributed by atoms with van der Waals surface area (Å²) in [6.45, 7) is 3.43. The lowest BCUT2D eigenvalue weighted by Gasteiger charge is -2.28. The summed E-state index contributed by atoms with van der Waals surface area (Å²) in [4.78, 5) is 0. The smallest absolute Gasteiger partial charge is 0.111 e. The van der Waals surface area contributed by atoms with Crippen LogP contribution in [0.15, 0.2) is 0 Å². The number of hydrogen-bond acceptors (Lipinski definition) is 4. The molecule has 4 heteroatoms. The Morgan fingerprint density at radius 3 is 2.15 bits per heavy atom. The molecule has 0 saturated carbocycles. The van der Waals surface area contributed by atoms with Crippen LogP contribution in [0.1, 0.15) is 20.3 Å². The standard InChI is InChI=1S/C9H20O4/c1-4-6(2)8(12)9(13-3)7(11)5-10/h6-12H,4-5H2,1-3H3/t6?,7?,8-,9-/m1/s1. The third-order valence-corrected chi connectivity index (χ3v) is 2.40. The maximum absolute atomic E-state index is 9.68. The van der Waals surface area contributed by atoms with Crippen molar-refractivity contribution in [2.45, 2.75) is 38.6 Å². The lowest BCUT2D eigenvalue weighted by atomic mass is 9.94. The molecule has 0 saturated heterocycles. The van der Waals surface area contributed by atoms with Gasteiger partial charge in [-0.3, -0.25) is 0 Å². The topological polar surface area (TPSA) is 69.9 Å². The van der Waals surface area contributed by atoms with Crippen LogP contribution in [-0.2, 0) is 4.74 Å². The summed E-state index contributed by atoms with van der Waals surface area (Å²) < 4.78 is 4.93. The molecular weight excluding hydrogens is 172 g/mol. The zero-order chi connectivity index (χ0) is 10.4. The highest BCUT2D eigenvalue weighted by Crippen LogP contribution is 2.15. The van der Waals surface area contributed by atoms with Crippen molar-refractivity contribution in [1.82, 2.24) is 0 Å². The van der Waals surface area contributed by atoms with Crippen molar-refractivity contribution >= 4 is 0 Å². The van der Waals surface area contributed by atoms with Crippen molar-refractivity contribution in [2.24, 2.45) is 5.92 Å². The second-order valence-electron chi connectivity index (χ2n) is 3.33. The number of aliphatic hydroxyl groups is 3. The van der Waals surface area contributed by atoms with Crippen molar-refractivity contribution in [2.75, 3.05) is 13.7 Å². The lowest BCUT2D eigenvalue weighted by molar-refractivity contribution is -0.111. The third kappa shape index (κ3) is 3.60. The van der Waals surface area contributed by atoms with Gasteiger partial charge >= 0.3 is 0 Å². The van der Waals surface area contributed by atoms with Crippen molar-refractivity contribution in [3.8, 4) is 0 Å². The van der Waals surface area contributed by atoms with Gasteiger partial charge in [-0.05, 0) is 5.92 Å². The summed E-state index contributed by atoms with van der Waals surface area (Å²) in [5.41, 5.74) is 0. The van der Waals surface area contributed by atoms with Crippen LogP contribution in [0, 0.1) is 5.92 Å². The number of methoxy groups -OCH3 is 1. The Labute approximate surface area is 79.2 Å². The van der Waals surface area contributed by atoms with E-state index < -0.39 is 24.9 Å². The minimum atomic E-state index is -1.02. The molecule has 0 spiro atoms. The van der Waals surface area contributed by atoms with E-state index in [2.05, 4.69) is 0 Å². The minimum Gasteiger partial charge on any atom is -0.394 e. The first-order valence-electron chi connectivity index (χ1n) is 4.58. The third-order valence-electron chi connectivity index (χ3n) is 2.40. The predicted octanol–water partition coefficient (Wildman–Crippen LogP) is -0.238. The second kappa shape index (κ2) is 6.32. The number of hydrogen-bond donors (Lipinski definition) is 3. The molecular formula is C9H20O4. The van der Waals surface area contributed by atoms with Crippen molar-refractivity contribution in [1.29, 1.82) is 0 Å². The molecule has 0 rings (SSSR count). The molecule has 0 aliphatic heterocycles. The van der Waals surface area contributed by atoms with E-state index in [1.54, 1.807) is 0 Å². The number of aliphatic hydroxyl groups excluding tert-OH is 3. The average molecular weight is 192 g/mol. The molecule has 0 aromatic carbocycles. The molecule has 13 heavy (non-hydrogen) atoms. The molecule has 3 N–H and O–H groups in total.